The van der Waals surface area contributed by atoms with Gasteiger partial charge in [0.05, 0.1) is 19.0 Å². The highest BCUT2D eigenvalue weighted by atomic mass is 79.9. The largest absolute Gasteiger partial charge is 0.493 e. The topological polar surface area (TPSA) is 18.5 Å². The van der Waals surface area contributed by atoms with E-state index in [-0.39, 0.29) is 10.6 Å². The molecule has 2 rings (SSSR count). The van der Waals surface area contributed by atoms with Gasteiger partial charge in [0.15, 0.2) is 11.5 Å². The maximum Gasteiger partial charge on any atom is 0.162 e. The Labute approximate surface area is 130 Å². The Morgan fingerprint density at radius 1 is 1.05 bits per heavy atom. The van der Waals surface area contributed by atoms with Crippen molar-refractivity contribution < 1.29 is 13.9 Å². The molecule has 0 fully saturated rings. The predicted molar refractivity (Wildman–Crippen MR) is 81.7 cm³/mol. The quantitative estimate of drug-likeness (QED) is 0.717. The van der Waals surface area contributed by atoms with Crippen molar-refractivity contribution in [3.8, 4) is 11.5 Å². The van der Waals surface area contributed by atoms with Gasteiger partial charge < -0.3 is 9.47 Å². The summed E-state index contributed by atoms with van der Waals surface area (Å²) in [5, 5.41) is 0.550. The molecule has 0 spiro atoms. The summed E-state index contributed by atoms with van der Waals surface area (Å²) in [7, 11) is 3.12. The summed E-state index contributed by atoms with van der Waals surface area (Å²) in [6.07, 6.45) is 0. The number of benzene rings is 2. The minimum absolute atomic E-state index is 0.157. The van der Waals surface area contributed by atoms with Crippen LogP contribution in [0.3, 0.4) is 0 Å². The lowest BCUT2D eigenvalue weighted by Crippen LogP contribution is -1.98. The summed E-state index contributed by atoms with van der Waals surface area (Å²) < 4.78 is 23.4. The van der Waals surface area contributed by atoms with Crippen LogP contribution in [-0.4, -0.2) is 14.2 Å². The van der Waals surface area contributed by atoms with Crippen molar-refractivity contribution in [2.45, 2.75) is 4.83 Å². The molecule has 0 aliphatic heterocycles. The fourth-order valence-electron chi connectivity index (χ4n) is 1.88. The van der Waals surface area contributed by atoms with Crippen LogP contribution in [0, 0.1) is 5.82 Å². The molecule has 0 aliphatic carbocycles. The maximum absolute atomic E-state index is 13.0. The van der Waals surface area contributed by atoms with Gasteiger partial charge in [0, 0.05) is 11.1 Å². The van der Waals surface area contributed by atoms with Gasteiger partial charge in [0.25, 0.3) is 0 Å². The molecule has 0 aliphatic rings. The van der Waals surface area contributed by atoms with Crippen LogP contribution in [0.1, 0.15) is 16.0 Å². The Bertz CT molecular complexity index is 602. The van der Waals surface area contributed by atoms with Gasteiger partial charge in [-0.15, -0.1) is 0 Å². The molecule has 2 nitrogen and oxygen atoms in total. The molecule has 0 N–H and O–H groups in total. The van der Waals surface area contributed by atoms with E-state index in [0.717, 1.165) is 11.1 Å². The zero-order valence-electron chi connectivity index (χ0n) is 11.0. The highest BCUT2D eigenvalue weighted by molar-refractivity contribution is 9.09. The molecule has 0 saturated heterocycles. The summed E-state index contributed by atoms with van der Waals surface area (Å²) in [6.45, 7) is 0. The number of hydrogen-bond donors (Lipinski definition) is 0. The van der Waals surface area contributed by atoms with Gasteiger partial charge >= 0.3 is 0 Å². The predicted octanol–water partition coefficient (Wildman–Crippen LogP) is 4.98. The van der Waals surface area contributed by atoms with E-state index in [4.69, 9.17) is 21.1 Å². The van der Waals surface area contributed by atoms with Gasteiger partial charge in [-0.2, -0.15) is 0 Å². The molecular formula is C15H13BrClFO2. The fourth-order valence-corrected chi connectivity index (χ4v) is 2.95. The van der Waals surface area contributed by atoms with Crippen molar-refractivity contribution >= 4 is 27.5 Å². The van der Waals surface area contributed by atoms with Crippen LogP contribution in [0.25, 0.3) is 0 Å². The van der Waals surface area contributed by atoms with Crippen LogP contribution in [0.15, 0.2) is 36.4 Å². The molecule has 2 aromatic carbocycles. The lowest BCUT2D eigenvalue weighted by Gasteiger charge is -2.16. The fraction of sp³-hybridized carbons (Fsp3) is 0.200. The van der Waals surface area contributed by atoms with Crippen LogP contribution in [-0.2, 0) is 0 Å². The van der Waals surface area contributed by atoms with Gasteiger partial charge in [0.1, 0.15) is 5.82 Å². The third-order valence-corrected chi connectivity index (χ3v) is 4.29. The number of hydrogen-bond acceptors (Lipinski definition) is 2. The second-order valence-electron chi connectivity index (χ2n) is 4.14. The molecule has 0 bridgehead atoms. The molecule has 0 amide bonds. The van der Waals surface area contributed by atoms with E-state index in [9.17, 15) is 4.39 Å². The molecule has 0 saturated carbocycles. The van der Waals surface area contributed by atoms with Gasteiger partial charge in [-0.05, 0) is 29.3 Å². The zero-order chi connectivity index (χ0) is 14.7. The molecule has 1 unspecified atom stereocenters. The number of methoxy groups -OCH3 is 2. The van der Waals surface area contributed by atoms with E-state index >= 15 is 0 Å². The molecule has 20 heavy (non-hydrogen) atoms. The third-order valence-electron chi connectivity index (χ3n) is 2.94. The summed E-state index contributed by atoms with van der Waals surface area (Å²) >= 11 is 9.85. The summed E-state index contributed by atoms with van der Waals surface area (Å²) in [4.78, 5) is -0.157. The van der Waals surface area contributed by atoms with Gasteiger partial charge in [-0.1, -0.05) is 39.7 Å². The van der Waals surface area contributed by atoms with Crippen LogP contribution in [0.2, 0.25) is 5.02 Å². The SMILES string of the molecule is COc1cc(Cl)c(C(Br)c2ccc(F)cc2)cc1OC. The molecule has 2 aromatic rings. The smallest absolute Gasteiger partial charge is 0.162 e. The van der Waals surface area contributed by atoms with Crippen LogP contribution >= 0.6 is 27.5 Å². The van der Waals surface area contributed by atoms with Crippen molar-refractivity contribution in [2.24, 2.45) is 0 Å². The molecule has 0 radical (unpaired) electrons. The molecule has 106 valence electrons. The average molecular weight is 360 g/mol. The number of halogens is 3. The number of alkyl halides is 1. The normalized spacial score (nSPS) is 12.1. The zero-order valence-corrected chi connectivity index (χ0v) is 13.3. The second-order valence-corrected chi connectivity index (χ2v) is 5.47. The lowest BCUT2D eigenvalue weighted by molar-refractivity contribution is 0.354. The Hall–Kier alpha value is -1.26. The summed E-state index contributed by atoms with van der Waals surface area (Å²) in [6, 6.07) is 9.76. The first-order valence-electron chi connectivity index (χ1n) is 5.87. The average Bonchev–Trinajstić information content (AvgIpc) is 2.47. The first kappa shape index (κ1) is 15.1. The molecule has 5 heteroatoms. The molecule has 1 atom stereocenters. The highest BCUT2D eigenvalue weighted by Gasteiger charge is 2.17. The van der Waals surface area contributed by atoms with E-state index in [1.54, 1.807) is 32.4 Å². The standard InChI is InChI=1S/C15H13BrClFO2/c1-19-13-7-11(12(17)8-14(13)20-2)15(16)9-3-5-10(18)6-4-9/h3-8,15H,1-2H3. The van der Waals surface area contributed by atoms with Crippen molar-refractivity contribution in [2.75, 3.05) is 14.2 Å². The van der Waals surface area contributed by atoms with Crippen molar-refractivity contribution in [3.05, 3.63) is 58.4 Å². The van der Waals surface area contributed by atoms with E-state index < -0.39 is 0 Å². The van der Waals surface area contributed by atoms with E-state index in [2.05, 4.69) is 15.9 Å². The summed E-state index contributed by atoms with van der Waals surface area (Å²) in [5.41, 5.74) is 1.73. The van der Waals surface area contributed by atoms with Gasteiger partial charge in [-0.3, -0.25) is 0 Å². The maximum atomic E-state index is 13.0. The van der Waals surface area contributed by atoms with Gasteiger partial charge in [0.2, 0.25) is 0 Å². The van der Waals surface area contributed by atoms with E-state index in [0.29, 0.717) is 16.5 Å². The number of rotatable bonds is 4. The molecular weight excluding hydrogens is 347 g/mol. The Kier molecular flexibility index (Phi) is 4.89. The Morgan fingerprint density at radius 3 is 2.15 bits per heavy atom. The summed E-state index contributed by atoms with van der Waals surface area (Å²) in [5.74, 6) is 0.894. The van der Waals surface area contributed by atoms with E-state index in [1.807, 2.05) is 6.07 Å². The second kappa shape index (κ2) is 6.46. The lowest BCUT2D eigenvalue weighted by atomic mass is 10.0. The van der Waals surface area contributed by atoms with Crippen molar-refractivity contribution in [3.63, 3.8) is 0 Å². The van der Waals surface area contributed by atoms with Crippen molar-refractivity contribution in [1.29, 1.82) is 0 Å². The number of ether oxygens (including phenoxy) is 2. The molecule has 0 heterocycles. The van der Waals surface area contributed by atoms with Crippen LogP contribution in [0.5, 0.6) is 11.5 Å². The third kappa shape index (κ3) is 3.07. The van der Waals surface area contributed by atoms with Crippen LogP contribution < -0.4 is 9.47 Å². The van der Waals surface area contributed by atoms with Crippen molar-refractivity contribution in [1.82, 2.24) is 0 Å². The van der Waals surface area contributed by atoms with Gasteiger partial charge in [-0.25, -0.2) is 4.39 Å². The monoisotopic (exact) mass is 358 g/mol. The first-order chi connectivity index (χ1) is 9.56. The Morgan fingerprint density at radius 2 is 1.60 bits per heavy atom. The molecule has 0 aromatic heterocycles. The first-order valence-corrected chi connectivity index (χ1v) is 7.17. The minimum atomic E-state index is -0.271. The highest BCUT2D eigenvalue weighted by Crippen LogP contribution is 2.41. The van der Waals surface area contributed by atoms with E-state index in [1.165, 1.54) is 12.1 Å². The minimum Gasteiger partial charge on any atom is -0.493 e. The Balaban J connectivity index is 2.43. The van der Waals surface area contributed by atoms with Crippen LogP contribution in [0.4, 0.5) is 4.39 Å².